The number of amides is 1. The van der Waals surface area contributed by atoms with E-state index in [-0.39, 0.29) is 5.91 Å². The number of nitrogens with one attached hydrogen (secondary N) is 2. The first-order valence-corrected chi connectivity index (χ1v) is 9.75. The van der Waals surface area contributed by atoms with E-state index in [4.69, 9.17) is 0 Å². The number of anilines is 1. The second-order valence-electron chi connectivity index (χ2n) is 7.44. The minimum absolute atomic E-state index is 0.0437. The summed E-state index contributed by atoms with van der Waals surface area (Å²) >= 11 is 0. The van der Waals surface area contributed by atoms with Crippen LogP contribution in [0.25, 0.3) is 10.9 Å². The molecule has 0 bridgehead atoms. The van der Waals surface area contributed by atoms with Crippen molar-refractivity contribution in [1.82, 2.24) is 14.9 Å². The SMILES string of the molecule is CC1CCN(C(=O)c2cc(NCCc3c[nH]c4ccccc34)ccn2)CC1. The van der Waals surface area contributed by atoms with Gasteiger partial charge in [-0.25, -0.2) is 0 Å². The van der Waals surface area contributed by atoms with Gasteiger partial charge in [-0.05, 0) is 48.9 Å². The van der Waals surface area contributed by atoms with Crippen molar-refractivity contribution in [2.75, 3.05) is 25.0 Å². The first-order valence-electron chi connectivity index (χ1n) is 9.75. The van der Waals surface area contributed by atoms with Crippen molar-refractivity contribution < 1.29 is 4.79 Å². The number of benzene rings is 1. The molecule has 1 saturated heterocycles. The Bertz CT molecular complexity index is 925. The lowest BCUT2D eigenvalue weighted by Gasteiger charge is -2.30. The summed E-state index contributed by atoms with van der Waals surface area (Å²) in [6, 6.07) is 12.1. The maximum Gasteiger partial charge on any atom is 0.272 e. The summed E-state index contributed by atoms with van der Waals surface area (Å²) in [7, 11) is 0. The minimum Gasteiger partial charge on any atom is -0.385 e. The van der Waals surface area contributed by atoms with Crippen LogP contribution >= 0.6 is 0 Å². The highest BCUT2D eigenvalue weighted by Gasteiger charge is 2.22. The van der Waals surface area contributed by atoms with E-state index in [0.29, 0.717) is 11.6 Å². The molecule has 1 fully saturated rings. The van der Waals surface area contributed by atoms with E-state index in [1.807, 2.05) is 23.1 Å². The van der Waals surface area contributed by atoms with Gasteiger partial charge in [0.15, 0.2) is 0 Å². The molecule has 1 aliphatic heterocycles. The largest absolute Gasteiger partial charge is 0.385 e. The van der Waals surface area contributed by atoms with E-state index >= 15 is 0 Å². The average molecular weight is 362 g/mol. The lowest BCUT2D eigenvalue weighted by molar-refractivity contribution is 0.0691. The summed E-state index contributed by atoms with van der Waals surface area (Å²) in [5.41, 5.74) is 3.94. The molecule has 0 saturated carbocycles. The maximum absolute atomic E-state index is 12.7. The fourth-order valence-electron chi connectivity index (χ4n) is 3.71. The molecule has 2 N–H and O–H groups in total. The predicted octanol–water partition coefficient (Wildman–Crippen LogP) is 4.09. The molecule has 27 heavy (non-hydrogen) atoms. The lowest BCUT2D eigenvalue weighted by Crippen LogP contribution is -2.38. The summed E-state index contributed by atoms with van der Waals surface area (Å²) in [6.07, 6.45) is 6.86. The zero-order valence-electron chi connectivity index (χ0n) is 15.7. The zero-order valence-corrected chi connectivity index (χ0v) is 15.7. The van der Waals surface area contributed by atoms with Gasteiger partial charge < -0.3 is 15.2 Å². The van der Waals surface area contributed by atoms with E-state index in [1.165, 1.54) is 16.5 Å². The standard InChI is InChI=1S/C22H26N4O/c1-16-8-12-26(13-9-16)22(27)21-14-18(7-11-24-21)23-10-6-17-15-25-20-5-3-2-4-19(17)20/h2-5,7,11,14-16,25H,6,8-10,12-13H2,1H3,(H,23,24). The summed E-state index contributed by atoms with van der Waals surface area (Å²) < 4.78 is 0. The number of pyridine rings is 1. The molecule has 3 heterocycles. The molecule has 3 aromatic rings. The Kier molecular flexibility index (Phi) is 5.10. The number of H-pyrrole nitrogens is 1. The average Bonchev–Trinajstić information content (AvgIpc) is 3.12. The third-order valence-corrected chi connectivity index (χ3v) is 5.45. The van der Waals surface area contributed by atoms with Gasteiger partial charge in [0.2, 0.25) is 0 Å². The molecule has 1 aliphatic rings. The molecule has 0 unspecified atom stereocenters. The minimum atomic E-state index is 0.0437. The highest BCUT2D eigenvalue weighted by Crippen LogP contribution is 2.20. The first-order chi connectivity index (χ1) is 13.2. The summed E-state index contributed by atoms with van der Waals surface area (Å²) in [5.74, 6) is 0.752. The van der Waals surface area contributed by atoms with Gasteiger partial charge in [0.05, 0.1) is 0 Å². The molecular formula is C22H26N4O. The number of nitrogens with zero attached hydrogens (tertiary/aromatic N) is 2. The molecule has 1 aromatic carbocycles. The quantitative estimate of drug-likeness (QED) is 0.719. The van der Waals surface area contributed by atoms with E-state index in [0.717, 1.165) is 44.6 Å². The lowest BCUT2D eigenvalue weighted by atomic mass is 9.99. The van der Waals surface area contributed by atoms with E-state index < -0.39 is 0 Å². The zero-order chi connectivity index (χ0) is 18.6. The monoisotopic (exact) mass is 362 g/mol. The Hall–Kier alpha value is -2.82. The number of para-hydroxylation sites is 1. The van der Waals surface area contributed by atoms with Crippen LogP contribution < -0.4 is 5.32 Å². The first kappa shape index (κ1) is 17.6. The third kappa shape index (κ3) is 3.97. The van der Waals surface area contributed by atoms with E-state index in [2.05, 4.69) is 46.6 Å². The van der Waals surface area contributed by atoms with Crippen LogP contribution in [0, 0.1) is 5.92 Å². The Morgan fingerprint density at radius 2 is 2.07 bits per heavy atom. The summed E-state index contributed by atoms with van der Waals surface area (Å²) in [4.78, 5) is 22.2. The number of hydrogen-bond donors (Lipinski definition) is 2. The van der Waals surface area contributed by atoms with Gasteiger partial charge in [0.25, 0.3) is 5.91 Å². The number of aromatic amines is 1. The van der Waals surface area contributed by atoms with Gasteiger partial charge in [-0.2, -0.15) is 0 Å². The normalized spacial score (nSPS) is 15.2. The van der Waals surface area contributed by atoms with Crippen molar-refractivity contribution >= 4 is 22.5 Å². The van der Waals surface area contributed by atoms with Crippen LogP contribution in [0.3, 0.4) is 0 Å². The molecule has 2 aromatic heterocycles. The van der Waals surface area contributed by atoms with Gasteiger partial charge >= 0.3 is 0 Å². The van der Waals surface area contributed by atoms with Crippen LogP contribution in [0.2, 0.25) is 0 Å². The number of likely N-dealkylation sites (tertiary alicyclic amines) is 1. The number of fused-ring (bicyclic) bond motifs is 1. The molecule has 0 aliphatic carbocycles. The molecule has 5 heteroatoms. The number of piperidine rings is 1. The number of carbonyl (C=O) groups excluding carboxylic acids is 1. The summed E-state index contributed by atoms with van der Waals surface area (Å²) in [6.45, 7) is 4.72. The van der Waals surface area contributed by atoms with Crippen LogP contribution in [-0.4, -0.2) is 40.4 Å². The maximum atomic E-state index is 12.7. The fraction of sp³-hybridized carbons (Fsp3) is 0.364. The van der Waals surface area contributed by atoms with Gasteiger partial charge in [0, 0.05) is 48.6 Å². The van der Waals surface area contributed by atoms with Crippen LogP contribution in [0.5, 0.6) is 0 Å². The second-order valence-corrected chi connectivity index (χ2v) is 7.44. The van der Waals surface area contributed by atoms with E-state index in [9.17, 15) is 4.79 Å². The molecule has 5 nitrogen and oxygen atoms in total. The predicted molar refractivity (Wildman–Crippen MR) is 109 cm³/mol. The number of rotatable bonds is 5. The second kappa shape index (κ2) is 7.82. The number of carbonyl (C=O) groups is 1. The molecule has 0 atom stereocenters. The van der Waals surface area contributed by atoms with E-state index in [1.54, 1.807) is 6.20 Å². The van der Waals surface area contributed by atoms with Crippen molar-refractivity contribution in [2.45, 2.75) is 26.2 Å². The van der Waals surface area contributed by atoms with Crippen molar-refractivity contribution in [1.29, 1.82) is 0 Å². The van der Waals surface area contributed by atoms with Crippen molar-refractivity contribution in [3.63, 3.8) is 0 Å². The molecule has 140 valence electrons. The van der Waals surface area contributed by atoms with Gasteiger partial charge in [0.1, 0.15) is 5.69 Å². The van der Waals surface area contributed by atoms with Gasteiger partial charge in [-0.3, -0.25) is 9.78 Å². The highest BCUT2D eigenvalue weighted by atomic mass is 16.2. The Balaban J connectivity index is 1.37. The van der Waals surface area contributed by atoms with Crippen LogP contribution in [0.15, 0.2) is 48.8 Å². The molecule has 4 rings (SSSR count). The van der Waals surface area contributed by atoms with Crippen molar-refractivity contribution in [3.05, 3.63) is 60.0 Å². The Morgan fingerprint density at radius 1 is 1.26 bits per heavy atom. The fourth-order valence-corrected chi connectivity index (χ4v) is 3.71. The van der Waals surface area contributed by atoms with Crippen LogP contribution in [0.4, 0.5) is 5.69 Å². The molecule has 0 radical (unpaired) electrons. The number of aromatic nitrogens is 2. The highest BCUT2D eigenvalue weighted by molar-refractivity contribution is 5.93. The summed E-state index contributed by atoms with van der Waals surface area (Å²) in [5, 5.41) is 4.70. The van der Waals surface area contributed by atoms with Crippen LogP contribution in [-0.2, 0) is 6.42 Å². The van der Waals surface area contributed by atoms with Gasteiger partial charge in [-0.1, -0.05) is 25.1 Å². The molecular weight excluding hydrogens is 336 g/mol. The van der Waals surface area contributed by atoms with Crippen LogP contribution in [0.1, 0.15) is 35.8 Å². The number of hydrogen-bond acceptors (Lipinski definition) is 3. The Labute approximate surface area is 159 Å². The Morgan fingerprint density at radius 3 is 2.93 bits per heavy atom. The molecule has 0 spiro atoms. The van der Waals surface area contributed by atoms with Crippen molar-refractivity contribution in [3.8, 4) is 0 Å². The smallest absolute Gasteiger partial charge is 0.272 e. The van der Waals surface area contributed by atoms with Gasteiger partial charge in [-0.15, -0.1) is 0 Å². The topological polar surface area (TPSA) is 61.0 Å². The molecule has 1 amide bonds. The third-order valence-electron chi connectivity index (χ3n) is 5.45. The van der Waals surface area contributed by atoms with Crippen molar-refractivity contribution in [2.24, 2.45) is 5.92 Å².